The van der Waals surface area contributed by atoms with Crippen molar-refractivity contribution in [3.05, 3.63) is 24.3 Å². The van der Waals surface area contributed by atoms with Gasteiger partial charge in [0, 0.05) is 39.2 Å². The molecule has 1 saturated carbocycles. The van der Waals surface area contributed by atoms with Gasteiger partial charge in [-0.2, -0.15) is 0 Å². The Hall–Kier alpha value is -2.06. The van der Waals surface area contributed by atoms with E-state index in [1.807, 2.05) is 6.92 Å². The zero-order valence-corrected chi connectivity index (χ0v) is 22.9. The van der Waals surface area contributed by atoms with Crippen LogP contribution < -0.4 is 0 Å². The van der Waals surface area contributed by atoms with Gasteiger partial charge in [-0.3, -0.25) is 0 Å². The number of methoxy groups -OCH3 is 1. The highest BCUT2D eigenvalue weighted by molar-refractivity contribution is 5.69. The van der Waals surface area contributed by atoms with Crippen LogP contribution >= 0.6 is 0 Å². The Morgan fingerprint density at radius 2 is 2.00 bits per heavy atom. The minimum atomic E-state index is -0.300. The average Bonchev–Trinajstić information content (AvgIpc) is 3.50. The second-order valence-corrected chi connectivity index (χ2v) is 10.9. The van der Waals surface area contributed by atoms with Crippen molar-refractivity contribution in [1.29, 1.82) is 0 Å². The molecule has 0 radical (unpaired) electrons. The third kappa shape index (κ3) is 7.25. The molecule has 2 heterocycles. The summed E-state index contributed by atoms with van der Waals surface area (Å²) in [5.41, 5.74) is 1.08. The van der Waals surface area contributed by atoms with E-state index in [1.54, 1.807) is 23.0 Å². The third-order valence-corrected chi connectivity index (χ3v) is 7.98. The Bertz CT molecular complexity index is 791. The normalized spacial score (nSPS) is 29.6. The lowest BCUT2D eigenvalue weighted by molar-refractivity contribution is -0.0589. The predicted molar refractivity (Wildman–Crippen MR) is 139 cm³/mol. The van der Waals surface area contributed by atoms with Gasteiger partial charge in [0.25, 0.3) is 0 Å². The lowest BCUT2D eigenvalue weighted by atomic mass is 9.75. The van der Waals surface area contributed by atoms with E-state index in [4.69, 9.17) is 18.9 Å². The summed E-state index contributed by atoms with van der Waals surface area (Å²) in [6.07, 6.45) is 8.77. The van der Waals surface area contributed by atoms with Gasteiger partial charge in [0.15, 0.2) is 0 Å². The molecular weight excluding hydrogens is 460 g/mol. The van der Waals surface area contributed by atoms with Crippen LogP contribution in [0.1, 0.15) is 66.2 Å². The number of epoxide rings is 1. The number of carbonyl (C=O) groups excluding carboxylic acids is 2. The summed E-state index contributed by atoms with van der Waals surface area (Å²) in [7, 11) is 1.77. The molecule has 1 aliphatic carbocycles. The van der Waals surface area contributed by atoms with E-state index >= 15 is 0 Å². The summed E-state index contributed by atoms with van der Waals surface area (Å²) in [5, 5.41) is 0. The molecular formula is C28H46N2O6. The van der Waals surface area contributed by atoms with Gasteiger partial charge in [0.05, 0.1) is 17.8 Å². The first kappa shape index (κ1) is 28.5. The van der Waals surface area contributed by atoms with Crippen molar-refractivity contribution < 1.29 is 28.5 Å². The maximum absolute atomic E-state index is 12.8. The monoisotopic (exact) mass is 506 g/mol. The quantitative estimate of drug-likeness (QED) is 0.268. The maximum atomic E-state index is 12.8. The molecule has 3 aliphatic rings. The number of carbonyl (C=O) groups is 2. The van der Waals surface area contributed by atoms with Crippen LogP contribution in [0, 0.1) is 11.8 Å². The number of amides is 2. The van der Waals surface area contributed by atoms with Crippen LogP contribution in [0.3, 0.4) is 0 Å². The molecule has 0 aromatic rings. The zero-order chi connectivity index (χ0) is 26.3. The van der Waals surface area contributed by atoms with Crippen molar-refractivity contribution in [1.82, 2.24) is 9.80 Å². The fourth-order valence-corrected chi connectivity index (χ4v) is 5.61. The molecule has 0 aromatic heterocycles. The van der Waals surface area contributed by atoms with Gasteiger partial charge in [-0.15, -0.1) is 0 Å². The number of hydrogen-bond acceptors (Lipinski definition) is 6. The molecule has 2 amide bonds. The molecule has 2 saturated heterocycles. The molecule has 8 nitrogen and oxygen atoms in total. The third-order valence-electron chi connectivity index (χ3n) is 7.98. The summed E-state index contributed by atoms with van der Waals surface area (Å²) >= 11 is 0. The molecule has 2 aliphatic heterocycles. The number of hydrogen-bond donors (Lipinski definition) is 0. The van der Waals surface area contributed by atoms with Crippen LogP contribution in [0.25, 0.3) is 0 Å². The Morgan fingerprint density at radius 3 is 2.64 bits per heavy atom. The molecule has 5 atom stereocenters. The van der Waals surface area contributed by atoms with Crippen molar-refractivity contribution >= 4 is 12.2 Å². The largest absolute Gasteiger partial charge is 0.446 e. The molecule has 0 N–H and O–H groups in total. The second-order valence-electron chi connectivity index (χ2n) is 10.9. The van der Waals surface area contributed by atoms with Crippen molar-refractivity contribution in [2.75, 3.05) is 39.9 Å². The zero-order valence-electron chi connectivity index (χ0n) is 22.9. The van der Waals surface area contributed by atoms with E-state index in [0.717, 1.165) is 38.5 Å². The van der Waals surface area contributed by atoms with Crippen molar-refractivity contribution in [3.63, 3.8) is 0 Å². The topological polar surface area (TPSA) is 80.8 Å². The second kappa shape index (κ2) is 13.0. The van der Waals surface area contributed by atoms with Crippen molar-refractivity contribution in [3.8, 4) is 0 Å². The SMILES string of the molecule is C=CCOC(=O)N(CC)CCCC1CN(C(=O)O[C@@H]2CCC(OC)C(C3(C)OC3CC=C(C)C)C2)C1. The van der Waals surface area contributed by atoms with E-state index in [9.17, 15) is 9.59 Å². The highest BCUT2D eigenvalue weighted by Gasteiger charge is 2.60. The van der Waals surface area contributed by atoms with Crippen LogP contribution in [-0.2, 0) is 18.9 Å². The van der Waals surface area contributed by atoms with Crippen molar-refractivity contribution in [2.24, 2.45) is 11.8 Å². The summed E-state index contributed by atoms with van der Waals surface area (Å²) < 4.78 is 23.0. The van der Waals surface area contributed by atoms with Crippen LogP contribution in [0.2, 0.25) is 0 Å². The lowest BCUT2D eigenvalue weighted by Gasteiger charge is -2.41. The van der Waals surface area contributed by atoms with Gasteiger partial charge in [0.1, 0.15) is 12.7 Å². The fraction of sp³-hybridized carbons (Fsp3) is 0.786. The first-order valence-electron chi connectivity index (χ1n) is 13.5. The van der Waals surface area contributed by atoms with E-state index in [1.165, 1.54) is 5.57 Å². The number of likely N-dealkylation sites (tertiary alicyclic amines) is 1. The first-order chi connectivity index (χ1) is 17.2. The number of nitrogens with zero attached hydrogens (tertiary/aromatic N) is 2. The van der Waals surface area contributed by atoms with E-state index in [0.29, 0.717) is 32.1 Å². The summed E-state index contributed by atoms with van der Waals surface area (Å²) in [6, 6.07) is 0. The molecule has 3 fully saturated rings. The van der Waals surface area contributed by atoms with Gasteiger partial charge in [0.2, 0.25) is 0 Å². The molecule has 4 unspecified atom stereocenters. The van der Waals surface area contributed by atoms with E-state index in [-0.39, 0.29) is 48.6 Å². The first-order valence-corrected chi connectivity index (χ1v) is 13.5. The molecule has 0 aromatic carbocycles. The molecule has 204 valence electrons. The minimum absolute atomic E-state index is 0.0993. The standard InChI is InChI=1S/C28H46N2O6/c1-7-16-34-26(31)29(8-2)15-9-10-21-18-30(19-21)27(32)35-22-12-13-24(33-6)23(17-22)28(5)25(36-28)14-11-20(3)4/h7,11,21-25H,1,8-10,12-19H2,2-6H3/t22-,23?,24?,25?,28?/m1/s1. The molecule has 8 heteroatoms. The fourth-order valence-electron chi connectivity index (χ4n) is 5.61. The van der Waals surface area contributed by atoms with Gasteiger partial charge >= 0.3 is 12.2 Å². The highest BCUT2D eigenvalue weighted by atomic mass is 16.6. The lowest BCUT2D eigenvalue weighted by Crippen LogP contribution is -2.52. The maximum Gasteiger partial charge on any atom is 0.410 e. The summed E-state index contributed by atoms with van der Waals surface area (Å²) in [6.45, 7) is 14.8. The van der Waals surface area contributed by atoms with E-state index in [2.05, 4.69) is 33.4 Å². The van der Waals surface area contributed by atoms with Crippen LogP contribution in [-0.4, -0.2) is 85.8 Å². The molecule has 0 bridgehead atoms. The Morgan fingerprint density at radius 1 is 1.25 bits per heavy atom. The summed E-state index contributed by atoms with van der Waals surface area (Å²) in [5.74, 6) is 0.667. The smallest absolute Gasteiger partial charge is 0.410 e. The number of rotatable bonds is 12. The molecule has 0 spiro atoms. The predicted octanol–water partition coefficient (Wildman–Crippen LogP) is 5.18. The van der Waals surface area contributed by atoms with Gasteiger partial charge in [-0.25, -0.2) is 9.59 Å². The summed E-state index contributed by atoms with van der Waals surface area (Å²) in [4.78, 5) is 28.3. The average molecular weight is 507 g/mol. The minimum Gasteiger partial charge on any atom is -0.446 e. The number of ether oxygens (including phenoxy) is 4. The van der Waals surface area contributed by atoms with Gasteiger partial charge < -0.3 is 28.7 Å². The van der Waals surface area contributed by atoms with Crippen LogP contribution in [0.5, 0.6) is 0 Å². The Labute approximate surface area is 216 Å². The number of allylic oxidation sites excluding steroid dienone is 1. The Balaban J connectivity index is 1.39. The molecule has 36 heavy (non-hydrogen) atoms. The van der Waals surface area contributed by atoms with E-state index < -0.39 is 0 Å². The van der Waals surface area contributed by atoms with Crippen LogP contribution in [0.4, 0.5) is 9.59 Å². The van der Waals surface area contributed by atoms with Crippen molar-refractivity contribution in [2.45, 2.75) is 90.1 Å². The van der Waals surface area contributed by atoms with Gasteiger partial charge in [-0.1, -0.05) is 24.3 Å². The molecule has 3 rings (SSSR count). The van der Waals surface area contributed by atoms with Gasteiger partial charge in [-0.05, 0) is 72.1 Å². The van der Waals surface area contributed by atoms with Crippen LogP contribution in [0.15, 0.2) is 24.3 Å². The Kier molecular flexibility index (Phi) is 10.3. The highest BCUT2D eigenvalue weighted by Crippen LogP contribution is 2.51.